The molecule has 0 aliphatic heterocycles. The molecule has 0 radical (unpaired) electrons. The normalized spacial score (nSPS) is 50.9. The van der Waals surface area contributed by atoms with Crippen LogP contribution in [0.15, 0.2) is 12.2 Å². The summed E-state index contributed by atoms with van der Waals surface area (Å²) in [5.74, 6) is 1.35. The largest absolute Gasteiger partial charge is 0.389 e. The second-order valence-electron chi connectivity index (χ2n) is 2.78. The molecular formula is C7H10O. The van der Waals surface area contributed by atoms with Crippen molar-refractivity contribution in [2.24, 2.45) is 11.8 Å². The van der Waals surface area contributed by atoms with Gasteiger partial charge in [0.25, 0.3) is 0 Å². The van der Waals surface area contributed by atoms with Crippen LogP contribution in [0.1, 0.15) is 12.8 Å². The summed E-state index contributed by atoms with van der Waals surface area (Å²) in [6, 6.07) is 0. The van der Waals surface area contributed by atoms with Crippen molar-refractivity contribution in [2.45, 2.75) is 18.9 Å². The molecule has 2 rings (SSSR count). The van der Waals surface area contributed by atoms with E-state index < -0.39 is 0 Å². The topological polar surface area (TPSA) is 20.2 Å². The van der Waals surface area contributed by atoms with Gasteiger partial charge in [-0.1, -0.05) is 12.2 Å². The Morgan fingerprint density at radius 3 is 2.38 bits per heavy atom. The second-order valence-corrected chi connectivity index (χ2v) is 2.78. The average molecular weight is 110 g/mol. The Balaban J connectivity index is 2.14. The molecule has 0 aromatic rings. The van der Waals surface area contributed by atoms with E-state index in [4.69, 9.17) is 5.11 Å². The van der Waals surface area contributed by atoms with Crippen LogP contribution in [-0.2, 0) is 0 Å². The van der Waals surface area contributed by atoms with Gasteiger partial charge in [-0.3, -0.25) is 0 Å². The SMILES string of the molecule is O[C@@H]1C=C[C@@H]2CC[C@H]12. The van der Waals surface area contributed by atoms with E-state index in [1.165, 1.54) is 12.8 Å². The quantitative estimate of drug-likeness (QED) is 0.460. The summed E-state index contributed by atoms with van der Waals surface area (Å²) in [4.78, 5) is 0. The van der Waals surface area contributed by atoms with Crippen molar-refractivity contribution in [3.63, 3.8) is 0 Å². The van der Waals surface area contributed by atoms with Crippen molar-refractivity contribution in [1.82, 2.24) is 0 Å². The van der Waals surface area contributed by atoms with E-state index in [9.17, 15) is 0 Å². The Bertz CT molecular complexity index is 120. The molecule has 1 nitrogen and oxygen atoms in total. The van der Waals surface area contributed by atoms with Gasteiger partial charge in [-0.25, -0.2) is 0 Å². The first kappa shape index (κ1) is 4.57. The molecule has 0 unspecified atom stereocenters. The molecule has 0 aromatic carbocycles. The summed E-state index contributed by atoms with van der Waals surface area (Å²) >= 11 is 0. The van der Waals surface area contributed by atoms with Gasteiger partial charge in [-0.2, -0.15) is 0 Å². The van der Waals surface area contributed by atoms with E-state index in [1.807, 2.05) is 6.08 Å². The highest BCUT2D eigenvalue weighted by Gasteiger charge is 2.37. The monoisotopic (exact) mass is 110 g/mol. The highest BCUT2D eigenvalue weighted by atomic mass is 16.3. The number of hydrogen-bond donors (Lipinski definition) is 1. The molecular weight excluding hydrogens is 100 g/mol. The van der Waals surface area contributed by atoms with Crippen molar-refractivity contribution in [3.05, 3.63) is 12.2 Å². The molecule has 2 aliphatic rings. The predicted molar refractivity (Wildman–Crippen MR) is 31.4 cm³/mol. The second kappa shape index (κ2) is 1.35. The van der Waals surface area contributed by atoms with Gasteiger partial charge in [-0.15, -0.1) is 0 Å². The van der Waals surface area contributed by atoms with Gasteiger partial charge < -0.3 is 5.11 Å². The molecule has 44 valence electrons. The van der Waals surface area contributed by atoms with Crippen LogP contribution in [0.25, 0.3) is 0 Å². The van der Waals surface area contributed by atoms with E-state index in [0.717, 1.165) is 5.92 Å². The van der Waals surface area contributed by atoms with Crippen LogP contribution in [-0.4, -0.2) is 11.2 Å². The lowest BCUT2D eigenvalue weighted by Crippen LogP contribution is -2.28. The minimum Gasteiger partial charge on any atom is -0.389 e. The third-order valence-electron chi connectivity index (χ3n) is 2.38. The van der Waals surface area contributed by atoms with Crippen molar-refractivity contribution in [1.29, 1.82) is 0 Å². The maximum absolute atomic E-state index is 9.13. The third kappa shape index (κ3) is 0.402. The van der Waals surface area contributed by atoms with Crippen LogP contribution < -0.4 is 0 Å². The average Bonchev–Trinajstić information content (AvgIpc) is 1.80. The Kier molecular flexibility index (Phi) is 0.770. The van der Waals surface area contributed by atoms with Crippen molar-refractivity contribution >= 4 is 0 Å². The molecule has 0 saturated heterocycles. The van der Waals surface area contributed by atoms with E-state index in [0.29, 0.717) is 5.92 Å². The van der Waals surface area contributed by atoms with E-state index >= 15 is 0 Å². The Morgan fingerprint density at radius 1 is 1.25 bits per heavy atom. The van der Waals surface area contributed by atoms with Gasteiger partial charge in [0, 0.05) is 0 Å². The summed E-state index contributed by atoms with van der Waals surface area (Å²) in [6.45, 7) is 0. The number of aliphatic hydroxyl groups is 1. The maximum Gasteiger partial charge on any atom is 0.0754 e. The fraction of sp³-hybridized carbons (Fsp3) is 0.714. The lowest BCUT2D eigenvalue weighted by Gasteiger charge is -2.31. The summed E-state index contributed by atoms with van der Waals surface area (Å²) in [7, 11) is 0. The Hall–Kier alpha value is -0.300. The number of fused-ring (bicyclic) bond motifs is 1. The van der Waals surface area contributed by atoms with Crippen LogP contribution in [0.3, 0.4) is 0 Å². The molecule has 2 aliphatic carbocycles. The van der Waals surface area contributed by atoms with Gasteiger partial charge in [0.2, 0.25) is 0 Å². The van der Waals surface area contributed by atoms with Crippen LogP contribution in [0.5, 0.6) is 0 Å². The van der Waals surface area contributed by atoms with Gasteiger partial charge in [0.15, 0.2) is 0 Å². The van der Waals surface area contributed by atoms with Gasteiger partial charge in [0.05, 0.1) is 6.10 Å². The lowest BCUT2D eigenvalue weighted by atomic mass is 9.75. The zero-order valence-electron chi connectivity index (χ0n) is 4.75. The smallest absolute Gasteiger partial charge is 0.0754 e. The fourth-order valence-electron chi connectivity index (χ4n) is 1.61. The number of aliphatic hydroxyl groups excluding tert-OH is 1. The first-order valence-electron chi connectivity index (χ1n) is 3.24. The van der Waals surface area contributed by atoms with Crippen LogP contribution in [0, 0.1) is 11.8 Å². The minimum atomic E-state index is -0.103. The number of rotatable bonds is 0. The van der Waals surface area contributed by atoms with E-state index in [2.05, 4.69) is 6.08 Å². The van der Waals surface area contributed by atoms with Crippen LogP contribution >= 0.6 is 0 Å². The molecule has 0 spiro atoms. The molecule has 0 aromatic heterocycles. The van der Waals surface area contributed by atoms with E-state index in [1.54, 1.807) is 0 Å². The summed E-state index contributed by atoms with van der Waals surface area (Å²) in [6.07, 6.45) is 6.52. The van der Waals surface area contributed by atoms with Crippen LogP contribution in [0.2, 0.25) is 0 Å². The van der Waals surface area contributed by atoms with Gasteiger partial charge in [-0.05, 0) is 24.7 Å². The number of hydrogen-bond acceptors (Lipinski definition) is 1. The molecule has 1 heteroatoms. The molecule has 1 fully saturated rings. The lowest BCUT2D eigenvalue weighted by molar-refractivity contribution is 0.0839. The predicted octanol–water partition coefficient (Wildman–Crippen LogP) is 0.943. The van der Waals surface area contributed by atoms with Gasteiger partial charge in [0.1, 0.15) is 0 Å². The van der Waals surface area contributed by atoms with Crippen LogP contribution in [0.4, 0.5) is 0 Å². The summed E-state index contributed by atoms with van der Waals surface area (Å²) in [5, 5.41) is 9.13. The molecule has 0 bridgehead atoms. The molecule has 8 heavy (non-hydrogen) atoms. The Morgan fingerprint density at radius 2 is 2.12 bits per heavy atom. The standard InChI is InChI=1S/C7H10O/c8-7-4-2-5-1-3-6(5)7/h2,4-8H,1,3H2/t5-,6-,7+/m0/s1. The summed E-state index contributed by atoms with van der Waals surface area (Å²) in [5.41, 5.74) is 0. The van der Waals surface area contributed by atoms with Crippen molar-refractivity contribution in [3.8, 4) is 0 Å². The van der Waals surface area contributed by atoms with Crippen molar-refractivity contribution in [2.75, 3.05) is 0 Å². The summed E-state index contributed by atoms with van der Waals surface area (Å²) < 4.78 is 0. The number of allylic oxidation sites excluding steroid dienone is 1. The molecule has 3 atom stereocenters. The molecule has 0 heterocycles. The molecule has 0 amide bonds. The van der Waals surface area contributed by atoms with Gasteiger partial charge >= 0.3 is 0 Å². The Labute approximate surface area is 49.0 Å². The third-order valence-corrected chi connectivity index (χ3v) is 2.38. The maximum atomic E-state index is 9.13. The fourth-order valence-corrected chi connectivity index (χ4v) is 1.61. The first-order valence-corrected chi connectivity index (χ1v) is 3.24. The molecule has 1 N–H and O–H groups in total. The van der Waals surface area contributed by atoms with Crippen molar-refractivity contribution < 1.29 is 5.11 Å². The zero-order valence-corrected chi connectivity index (χ0v) is 4.75. The zero-order chi connectivity index (χ0) is 5.56. The molecule has 1 saturated carbocycles. The highest BCUT2D eigenvalue weighted by Crippen LogP contribution is 2.42. The van der Waals surface area contributed by atoms with E-state index in [-0.39, 0.29) is 6.10 Å². The highest BCUT2D eigenvalue weighted by molar-refractivity contribution is 5.11. The minimum absolute atomic E-state index is 0.103. The first-order chi connectivity index (χ1) is 3.88.